The van der Waals surface area contributed by atoms with Gasteiger partial charge in [-0.25, -0.2) is 4.79 Å². The van der Waals surface area contributed by atoms with Crippen LogP contribution >= 0.6 is 11.3 Å². The highest BCUT2D eigenvalue weighted by Crippen LogP contribution is 2.36. The zero-order chi connectivity index (χ0) is 13.4. The highest BCUT2D eigenvalue weighted by Gasteiger charge is 2.23. The Morgan fingerprint density at radius 1 is 1.47 bits per heavy atom. The van der Waals surface area contributed by atoms with Crippen LogP contribution in [0.25, 0.3) is 0 Å². The van der Waals surface area contributed by atoms with Gasteiger partial charge in [0.15, 0.2) is 0 Å². The van der Waals surface area contributed by atoms with Crippen LogP contribution in [0.3, 0.4) is 0 Å². The van der Waals surface area contributed by atoms with Gasteiger partial charge in [0, 0.05) is 9.75 Å². The second-order valence-electron chi connectivity index (χ2n) is 4.55. The molecule has 0 aromatic carbocycles. The van der Waals surface area contributed by atoms with Gasteiger partial charge < -0.3 is 14.3 Å². The number of fused-ring (bicyclic) bond motifs is 1. The van der Waals surface area contributed by atoms with Gasteiger partial charge in [0.25, 0.3) is 0 Å². The molecule has 1 aliphatic rings. The summed E-state index contributed by atoms with van der Waals surface area (Å²) in [4.78, 5) is 13.5. The molecule has 0 bridgehead atoms. The molecule has 0 saturated carbocycles. The van der Waals surface area contributed by atoms with Gasteiger partial charge in [-0.3, -0.25) is 0 Å². The first-order valence-electron chi connectivity index (χ1n) is 6.16. The first-order valence-corrected chi connectivity index (χ1v) is 6.98. The van der Waals surface area contributed by atoms with Crippen molar-refractivity contribution in [2.24, 2.45) is 0 Å². The zero-order valence-electron chi connectivity index (χ0n) is 10.5. The number of hydrogen-bond donors (Lipinski definition) is 1. The molecule has 1 N–H and O–H groups in total. The van der Waals surface area contributed by atoms with Crippen molar-refractivity contribution in [2.75, 3.05) is 7.11 Å². The first-order chi connectivity index (χ1) is 9.19. The Labute approximate surface area is 114 Å². The largest absolute Gasteiger partial charge is 0.463 e. The Balaban J connectivity index is 1.84. The molecule has 0 radical (unpaired) electrons. The summed E-state index contributed by atoms with van der Waals surface area (Å²) in [6.07, 6.45) is 2.57. The summed E-state index contributed by atoms with van der Waals surface area (Å²) in [5.41, 5.74) is 1.33. The molecule has 3 rings (SSSR count). The molecule has 0 saturated heterocycles. The Morgan fingerprint density at radius 3 is 3.05 bits per heavy atom. The standard InChI is InChI=1S/C14H14O4S/c1-17-14(16)10-6-5-9(18-10)13(15)12-7-8-3-2-4-11(8)19-12/h5-7,13,15H,2-4H2,1H3. The third-order valence-corrected chi connectivity index (χ3v) is 4.61. The van der Waals surface area contributed by atoms with Crippen LogP contribution in [0.1, 0.15) is 44.2 Å². The maximum absolute atomic E-state index is 11.3. The summed E-state index contributed by atoms with van der Waals surface area (Å²) < 4.78 is 9.91. The van der Waals surface area contributed by atoms with E-state index in [2.05, 4.69) is 4.74 Å². The van der Waals surface area contributed by atoms with E-state index in [-0.39, 0.29) is 5.76 Å². The monoisotopic (exact) mass is 278 g/mol. The fourth-order valence-electron chi connectivity index (χ4n) is 2.34. The number of rotatable bonds is 3. The predicted molar refractivity (Wildman–Crippen MR) is 70.5 cm³/mol. The number of carbonyl (C=O) groups is 1. The lowest BCUT2D eigenvalue weighted by atomic mass is 10.2. The number of thiophene rings is 1. The van der Waals surface area contributed by atoms with E-state index in [4.69, 9.17) is 4.42 Å². The number of ether oxygens (including phenoxy) is 1. The summed E-state index contributed by atoms with van der Waals surface area (Å²) in [6, 6.07) is 5.17. The lowest BCUT2D eigenvalue weighted by Crippen LogP contribution is -1.99. The van der Waals surface area contributed by atoms with Gasteiger partial charge in [0.05, 0.1) is 7.11 Å². The van der Waals surface area contributed by atoms with Crippen LogP contribution in [-0.4, -0.2) is 18.2 Å². The fourth-order valence-corrected chi connectivity index (χ4v) is 3.59. The predicted octanol–water partition coefficient (Wildman–Crippen LogP) is 2.70. The number of aryl methyl sites for hydroxylation is 2. The summed E-state index contributed by atoms with van der Waals surface area (Å²) in [5.74, 6) is -0.0481. The van der Waals surface area contributed by atoms with Gasteiger partial charge in [0.1, 0.15) is 11.9 Å². The van der Waals surface area contributed by atoms with Crippen molar-refractivity contribution < 1.29 is 19.1 Å². The van der Waals surface area contributed by atoms with Crippen molar-refractivity contribution >= 4 is 17.3 Å². The topological polar surface area (TPSA) is 59.7 Å². The molecule has 0 aliphatic heterocycles. The van der Waals surface area contributed by atoms with Gasteiger partial charge in [-0.1, -0.05) is 0 Å². The first kappa shape index (κ1) is 12.4. The molecule has 4 nitrogen and oxygen atoms in total. The minimum Gasteiger partial charge on any atom is -0.463 e. The summed E-state index contributed by atoms with van der Waals surface area (Å²) in [5, 5.41) is 10.3. The van der Waals surface area contributed by atoms with Crippen LogP contribution in [0.2, 0.25) is 0 Å². The molecule has 2 aromatic heterocycles. The molecule has 1 unspecified atom stereocenters. The fraction of sp³-hybridized carbons (Fsp3) is 0.357. The number of hydrogen-bond acceptors (Lipinski definition) is 5. The maximum atomic E-state index is 11.3. The van der Waals surface area contributed by atoms with E-state index in [0.717, 1.165) is 17.7 Å². The van der Waals surface area contributed by atoms with Crippen molar-refractivity contribution in [3.05, 3.63) is 45.0 Å². The third kappa shape index (κ3) is 2.19. The molecule has 2 heterocycles. The number of aliphatic hydroxyl groups excluding tert-OH is 1. The molecule has 1 aliphatic carbocycles. The average Bonchev–Trinajstić information content (AvgIpc) is 3.10. The molecule has 2 aromatic rings. The van der Waals surface area contributed by atoms with Crippen LogP contribution in [0.4, 0.5) is 0 Å². The maximum Gasteiger partial charge on any atom is 0.373 e. The number of aliphatic hydroxyl groups is 1. The molecular formula is C14H14O4S. The van der Waals surface area contributed by atoms with Crippen molar-refractivity contribution in [1.82, 2.24) is 0 Å². The smallest absolute Gasteiger partial charge is 0.373 e. The molecule has 0 fully saturated rings. The molecule has 0 spiro atoms. The van der Waals surface area contributed by atoms with E-state index >= 15 is 0 Å². The molecule has 19 heavy (non-hydrogen) atoms. The Hall–Kier alpha value is -1.59. The lowest BCUT2D eigenvalue weighted by molar-refractivity contribution is 0.0558. The second-order valence-corrected chi connectivity index (χ2v) is 5.72. The second kappa shape index (κ2) is 4.83. The van der Waals surface area contributed by atoms with Crippen molar-refractivity contribution in [1.29, 1.82) is 0 Å². The summed E-state index contributed by atoms with van der Waals surface area (Å²) in [6.45, 7) is 0. The van der Waals surface area contributed by atoms with Crippen molar-refractivity contribution in [2.45, 2.75) is 25.4 Å². The number of carbonyl (C=O) groups excluding carboxylic acids is 1. The molecule has 100 valence electrons. The zero-order valence-corrected chi connectivity index (χ0v) is 11.3. The van der Waals surface area contributed by atoms with Crippen LogP contribution in [0.5, 0.6) is 0 Å². The van der Waals surface area contributed by atoms with E-state index in [1.807, 2.05) is 6.07 Å². The molecule has 1 atom stereocenters. The van der Waals surface area contributed by atoms with E-state index in [9.17, 15) is 9.90 Å². The van der Waals surface area contributed by atoms with E-state index in [1.165, 1.54) is 30.0 Å². The number of esters is 1. The normalized spacial score (nSPS) is 15.3. The Morgan fingerprint density at radius 2 is 2.32 bits per heavy atom. The highest BCUT2D eigenvalue weighted by atomic mass is 32.1. The Kier molecular flexibility index (Phi) is 3.16. The Bertz CT molecular complexity index is 589. The quantitative estimate of drug-likeness (QED) is 0.877. The highest BCUT2D eigenvalue weighted by molar-refractivity contribution is 7.12. The molecule has 5 heteroatoms. The van der Waals surface area contributed by atoms with Crippen molar-refractivity contribution in [3.8, 4) is 0 Å². The van der Waals surface area contributed by atoms with Gasteiger partial charge in [-0.2, -0.15) is 0 Å². The van der Waals surface area contributed by atoms with Gasteiger partial charge in [0.2, 0.25) is 5.76 Å². The minimum atomic E-state index is -0.811. The minimum absolute atomic E-state index is 0.112. The van der Waals surface area contributed by atoms with Gasteiger partial charge in [-0.15, -0.1) is 11.3 Å². The molecular weight excluding hydrogens is 264 g/mol. The van der Waals surface area contributed by atoms with Crippen LogP contribution < -0.4 is 0 Å². The number of furan rings is 1. The summed E-state index contributed by atoms with van der Waals surface area (Å²) in [7, 11) is 1.30. The summed E-state index contributed by atoms with van der Waals surface area (Å²) >= 11 is 1.62. The van der Waals surface area contributed by atoms with E-state index in [1.54, 1.807) is 17.4 Å². The van der Waals surface area contributed by atoms with Crippen molar-refractivity contribution in [3.63, 3.8) is 0 Å². The van der Waals surface area contributed by atoms with Crippen LogP contribution in [0.15, 0.2) is 22.6 Å². The third-order valence-electron chi connectivity index (χ3n) is 3.32. The van der Waals surface area contributed by atoms with Crippen LogP contribution in [0, 0.1) is 0 Å². The number of methoxy groups -OCH3 is 1. The van der Waals surface area contributed by atoms with Crippen LogP contribution in [-0.2, 0) is 17.6 Å². The van der Waals surface area contributed by atoms with E-state index in [0.29, 0.717) is 5.76 Å². The van der Waals surface area contributed by atoms with E-state index < -0.39 is 12.1 Å². The average molecular weight is 278 g/mol. The molecule has 0 amide bonds. The lowest BCUT2D eigenvalue weighted by Gasteiger charge is -2.04. The SMILES string of the molecule is COC(=O)c1ccc(C(O)c2cc3c(s2)CCC3)o1. The van der Waals surface area contributed by atoms with Gasteiger partial charge >= 0.3 is 5.97 Å². The van der Waals surface area contributed by atoms with Gasteiger partial charge in [-0.05, 0) is 43.0 Å².